The van der Waals surface area contributed by atoms with Crippen molar-refractivity contribution in [2.45, 2.75) is 10.8 Å². The van der Waals surface area contributed by atoms with E-state index in [0.29, 0.717) is 10.6 Å². The van der Waals surface area contributed by atoms with Gasteiger partial charge in [-0.2, -0.15) is 5.26 Å². The maximum absolute atomic E-state index is 11.2. The van der Waals surface area contributed by atoms with Crippen LogP contribution in [0.1, 0.15) is 10.4 Å². The van der Waals surface area contributed by atoms with E-state index in [9.17, 15) is 18.5 Å². The number of hydrogen-bond acceptors (Lipinski definition) is 7. The van der Waals surface area contributed by atoms with Gasteiger partial charge in [0.15, 0.2) is 0 Å². The van der Waals surface area contributed by atoms with Gasteiger partial charge in [-0.1, -0.05) is 0 Å². The molecule has 2 aromatic rings. The zero-order valence-electron chi connectivity index (χ0n) is 11.0. The van der Waals surface area contributed by atoms with Gasteiger partial charge in [0.2, 0.25) is 10.0 Å². The first kappa shape index (κ1) is 15.9. The number of hydrogen-bond donors (Lipinski definition) is 2. The summed E-state index contributed by atoms with van der Waals surface area (Å²) in [5, 5.41) is 27.7. The minimum absolute atomic E-state index is 0.0495. The van der Waals surface area contributed by atoms with Gasteiger partial charge in [-0.3, -0.25) is 10.1 Å². The Balaban J connectivity index is 2.17. The first-order valence-corrected chi connectivity index (χ1v) is 8.21. The lowest BCUT2D eigenvalue weighted by Crippen LogP contribution is -2.09. The molecule has 0 bridgehead atoms. The number of nitriles is 1. The molecule has 1 heterocycles. The quantitative estimate of drug-likeness (QED) is 0.629. The highest BCUT2D eigenvalue weighted by Gasteiger charge is 2.13. The number of sulfonamides is 1. The van der Waals surface area contributed by atoms with Crippen LogP contribution in [-0.4, -0.2) is 13.3 Å². The molecular weight excluding hydrogens is 328 g/mol. The normalized spacial score (nSPS) is 10.9. The van der Waals surface area contributed by atoms with Gasteiger partial charge < -0.3 is 5.32 Å². The summed E-state index contributed by atoms with van der Waals surface area (Å²) in [6.07, 6.45) is 0. The lowest BCUT2D eigenvalue weighted by molar-refractivity contribution is -0.384. The molecule has 0 aliphatic heterocycles. The zero-order valence-corrected chi connectivity index (χ0v) is 12.6. The Bertz CT molecular complexity index is 867. The van der Waals surface area contributed by atoms with Crippen LogP contribution in [0.4, 0.5) is 11.4 Å². The molecule has 0 saturated carbocycles. The maximum Gasteiger partial charge on any atom is 0.270 e. The molecule has 8 nitrogen and oxygen atoms in total. The minimum Gasteiger partial charge on any atom is -0.379 e. The van der Waals surface area contributed by atoms with Crippen LogP contribution in [0, 0.1) is 21.4 Å². The van der Waals surface area contributed by atoms with Crippen LogP contribution < -0.4 is 10.5 Å². The number of nitrogens with zero attached hydrogens (tertiary/aromatic N) is 2. The highest BCUT2D eigenvalue weighted by atomic mass is 32.2. The fourth-order valence-electron chi connectivity index (χ4n) is 1.68. The van der Waals surface area contributed by atoms with Crippen molar-refractivity contribution >= 4 is 32.7 Å². The summed E-state index contributed by atoms with van der Waals surface area (Å²) in [4.78, 5) is 10.8. The second-order valence-electron chi connectivity index (χ2n) is 4.22. The van der Waals surface area contributed by atoms with Gasteiger partial charge in [-0.15, -0.1) is 11.3 Å². The third kappa shape index (κ3) is 3.59. The molecule has 22 heavy (non-hydrogen) atoms. The van der Waals surface area contributed by atoms with E-state index < -0.39 is 14.9 Å². The molecule has 0 unspecified atom stereocenters. The van der Waals surface area contributed by atoms with Crippen molar-refractivity contribution in [3.05, 3.63) is 50.9 Å². The Hall–Kier alpha value is -2.48. The summed E-state index contributed by atoms with van der Waals surface area (Å²) in [5.74, 6) is 0. The Morgan fingerprint density at radius 1 is 1.36 bits per heavy atom. The first-order valence-electron chi connectivity index (χ1n) is 5.85. The Morgan fingerprint density at radius 2 is 2.09 bits per heavy atom. The molecule has 0 aliphatic carbocycles. The standard InChI is InChI=1S/C12H10N4O4S2/c13-6-8-5-9(16(17)18)1-3-11(8)15-7-10-2-4-12(21-10)22(14,19)20/h1-5,15H,7H2,(H2,14,19,20). The lowest BCUT2D eigenvalue weighted by atomic mass is 10.1. The number of non-ortho nitro benzene ring substituents is 1. The van der Waals surface area contributed by atoms with E-state index in [1.807, 2.05) is 6.07 Å². The number of nitro benzene ring substituents is 1. The van der Waals surface area contributed by atoms with Crippen LogP contribution in [0.2, 0.25) is 0 Å². The molecule has 0 saturated heterocycles. The number of thiophene rings is 1. The van der Waals surface area contributed by atoms with Crippen LogP contribution in [0.3, 0.4) is 0 Å². The van der Waals surface area contributed by atoms with E-state index in [4.69, 9.17) is 10.4 Å². The van der Waals surface area contributed by atoms with Gasteiger partial charge >= 0.3 is 0 Å². The van der Waals surface area contributed by atoms with E-state index in [1.54, 1.807) is 6.07 Å². The number of nitro groups is 1. The highest BCUT2D eigenvalue weighted by molar-refractivity contribution is 7.91. The van der Waals surface area contributed by atoms with Gasteiger partial charge in [0, 0.05) is 23.6 Å². The fraction of sp³-hybridized carbons (Fsp3) is 0.0833. The van der Waals surface area contributed by atoms with Gasteiger partial charge in [0.1, 0.15) is 10.3 Å². The third-order valence-corrected chi connectivity index (χ3v) is 5.23. The summed E-state index contributed by atoms with van der Waals surface area (Å²) < 4.78 is 22.4. The summed E-state index contributed by atoms with van der Waals surface area (Å²) in [5.41, 5.74) is 0.394. The number of nitrogens with two attached hydrogens (primary N) is 1. The molecule has 0 aliphatic rings. The largest absolute Gasteiger partial charge is 0.379 e. The van der Waals surface area contributed by atoms with Gasteiger partial charge in [-0.25, -0.2) is 13.6 Å². The SMILES string of the molecule is N#Cc1cc([N+](=O)[O-])ccc1NCc1ccc(S(N)(=O)=O)s1. The summed E-state index contributed by atoms with van der Waals surface area (Å²) in [7, 11) is -3.73. The molecule has 0 fully saturated rings. The summed E-state index contributed by atoms with van der Waals surface area (Å²) >= 11 is 1.01. The van der Waals surface area contributed by atoms with Crippen molar-refractivity contribution in [3.8, 4) is 6.07 Å². The number of nitrogens with one attached hydrogen (secondary N) is 1. The predicted octanol–water partition coefficient (Wildman–Crippen LogP) is 1.79. The average molecular weight is 338 g/mol. The zero-order chi connectivity index (χ0) is 16.3. The molecule has 2 rings (SSSR count). The molecule has 0 spiro atoms. The van der Waals surface area contributed by atoms with Gasteiger partial charge in [-0.05, 0) is 18.2 Å². The van der Waals surface area contributed by atoms with Crippen molar-refractivity contribution in [1.29, 1.82) is 5.26 Å². The molecule has 114 valence electrons. The Kier molecular flexibility index (Phi) is 4.41. The minimum atomic E-state index is -3.73. The molecule has 1 aromatic heterocycles. The smallest absolute Gasteiger partial charge is 0.270 e. The van der Waals surface area contributed by atoms with Crippen LogP contribution in [-0.2, 0) is 16.6 Å². The Labute approximate surface area is 130 Å². The van der Waals surface area contributed by atoms with Crippen molar-refractivity contribution < 1.29 is 13.3 Å². The monoisotopic (exact) mass is 338 g/mol. The summed E-state index contributed by atoms with van der Waals surface area (Å²) in [6, 6.07) is 8.78. The molecule has 0 atom stereocenters. The third-order valence-electron chi connectivity index (χ3n) is 2.70. The van der Waals surface area contributed by atoms with E-state index in [1.165, 1.54) is 24.3 Å². The topological polar surface area (TPSA) is 139 Å². The van der Waals surface area contributed by atoms with Crippen LogP contribution >= 0.6 is 11.3 Å². The molecule has 3 N–H and O–H groups in total. The van der Waals surface area contributed by atoms with Gasteiger partial charge in [0.05, 0.1) is 16.2 Å². The Morgan fingerprint density at radius 3 is 2.64 bits per heavy atom. The summed E-state index contributed by atoms with van der Waals surface area (Å²) in [6.45, 7) is 0.271. The van der Waals surface area contributed by atoms with Crippen molar-refractivity contribution in [2.24, 2.45) is 5.14 Å². The average Bonchev–Trinajstić information content (AvgIpc) is 2.93. The van der Waals surface area contributed by atoms with Crippen molar-refractivity contribution in [3.63, 3.8) is 0 Å². The van der Waals surface area contributed by atoms with Crippen molar-refractivity contribution in [2.75, 3.05) is 5.32 Å². The van der Waals surface area contributed by atoms with Crippen LogP contribution in [0.5, 0.6) is 0 Å². The van der Waals surface area contributed by atoms with E-state index in [2.05, 4.69) is 5.32 Å². The molecular formula is C12H10N4O4S2. The van der Waals surface area contributed by atoms with E-state index >= 15 is 0 Å². The number of rotatable bonds is 5. The van der Waals surface area contributed by atoms with Crippen LogP contribution in [0.25, 0.3) is 0 Å². The number of benzene rings is 1. The second kappa shape index (κ2) is 6.10. The maximum atomic E-state index is 11.2. The van der Waals surface area contributed by atoms with Crippen molar-refractivity contribution in [1.82, 2.24) is 0 Å². The van der Waals surface area contributed by atoms with Crippen LogP contribution in [0.15, 0.2) is 34.5 Å². The highest BCUT2D eigenvalue weighted by Crippen LogP contribution is 2.24. The fourth-order valence-corrected chi connectivity index (χ4v) is 3.40. The van der Waals surface area contributed by atoms with E-state index in [-0.39, 0.29) is 22.0 Å². The lowest BCUT2D eigenvalue weighted by Gasteiger charge is -2.06. The molecule has 0 amide bonds. The first-order chi connectivity index (χ1) is 10.3. The number of primary sulfonamides is 1. The molecule has 1 aromatic carbocycles. The van der Waals surface area contributed by atoms with Gasteiger partial charge in [0.25, 0.3) is 5.69 Å². The molecule has 10 heteroatoms. The molecule has 0 radical (unpaired) electrons. The predicted molar refractivity (Wildman–Crippen MR) is 80.8 cm³/mol. The van der Waals surface area contributed by atoms with E-state index in [0.717, 1.165) is 11.3 Å². The second-order valence-corrected chi connectivity index (χ2v) is 7.17. The number of anilines is 1.